The van der Waals surface area contributed by atoms with Crippen molar-refractivity contribution in [3.8, 4) is 0 Å². The lowest BCUT2D eigenvalue weighted by Gasteiger charge is -2.40. The highest BCUT2D eigenvalue weighted by Gasteiger charge is 2.40. The molecule has 0 saturated heterocycles. The zero-order chi connectivity index (χ0) is 13.6. The number of aryl methyl sites for hydroxylation is 1. The summed E-state index contributed by atoms with van der Waals surface area (Å²) in [6, 6.07) is 4.04. The smallest absolute Gasteiger partial charge is 0.308 e. The van der Waals surface area contributed by atoms with Crippen LogP contribution in [0.4, 0.5) is 0 Å². The Morgan fingerprint density at radius 1 is 1.37 bits per heavy atom. The van der Waals surface area contributed by atoms with Crippen LogP contribution in [0.5, 0.6) is 0 Å². The van der Waals surface area contributed by atoms with E-state index < -0.39 is 0 Å². The van der Waals surface area contributed by atoms with E-state index in [0.717, 1.165) is 32.1 Å². The van der Waals surface area contributed by atoms with Crippen LogP contribution >= 0.6 is 0 Å². The van der Waals surface area contributed by atoms with Crippen molar-refractivity contribution in [2.45, 2.75) is 44.1 Å². The van der Waals surface area contributed by atoms with Crippen molar-refractivity contribution >= 4 is 5.97 Å². The molecule has 0 atom stereocenters. The highest BCUT2D eigenvalue weighted by Crippen LogP contribution is 2.39. The Kier molecular flexibility index (Phi) is 4.91. The Bertz CT molecular complexity index is 401. The Labute approximate surface area is 114 Å². The molecule has 1 aromatic heterocycles. The quantitative estimate of drug-likeness (QED) is 0.560. The molecule has 0 radical (unpaired) electrons. The van der Waals surface area contributed by atoms with E-state index in [2.05, 4.69) is 4.98 Å². The molecule has 4 nitrogen and oxygen atoms in total. The zero-order valence-corrected chi connectivity index (χ0v) is 11.4. The lowest BCUT2D eigenvalue weighted by molar-refractivity contribution is -0.157. The lowest BCUT2D eigenvalue weighted by Crippen LogP contribution is -2.42. The van der Waals surface area contributed by atoms with E-state index in [0.29, 0.717) is 13.0 Å². The summed E-state index contributed by atoms with van der Waals surface area (Å²) < 4.78 is 10.7. The van der Waals surface area contributed by atoms with E-state index in [9.17, 15) is 4.79 Å². The van der Waals surface area contributed by atoms with Crippen LogP contribution in [0.3, 0.4) is 0 Å². The molecule has 1 heterocycles. The standard InChI is InChI=1S/C15H21NO3/c1-18-14(17)12-15(7-3-8-15)19-11-2-4-13-5-9-16-10-6-13/h5-6,9-10H,2-4,7-8,11-12H2,1H3. The summed E-state index contributed by atoms with van der Waals surface area (Å²) in [5.74, 6) is -0.172. The van der Waals surface area contributed by atoms with Crippen molar-refractivity contribution in [2.24, 2.45) is 0 Å². The normalized spacial score (nSPS) is 16.7. The molecular formula is C15H21NO3. The van der Waals surface area contributed by atoms with Crippen LogP contribution in [0.1, 0.15) is 37.7 Å². The van der Waals surface area contributed by atoms with Crippen LogP contribution in [-0.4, -0.2) is 30.3 Å². The molecule has 0 aromatic carbocycles. The van der Waals surface area contributed by atoms with Gasteiger partial charge in [-0.25, -0.2) is 0 Å². The molecule has 0 aliphatic heterocycles. The topological polar surface area (TPSA) is 48.4 Å². The van der Waals surface area contributed by atoms with Gasteiger partial charge in [-0.05, 0) is 49.8 Å². The largest absolute Gasteiger partial charge is 0.469 e. The first kappa shape index (κ1) is 14.0. The predicted molar refractivity (Wildman–Crippen MR) is 71.7 cm³/mol. The summed E-state index contributed by atoms with van der Waals surface area (Å²) in [5, 5.41) is 0. The van der Waals surface area contributed by atoms with E-state index in [1.807, 2.05) is 12.1 Å². The molecule has 104 valence electrons. The maximum atomic E-state index is 11.4. The van der Waals surface area contributed by atoms with Crippen molar-refractivity contribution in [3.05, 3.63) is 30.1 Å². The average molecular weight is 263 g/mol. The number of carbonyl (C=O) groups excluding carboxylic acids is 1. The molecule has 1 fully saturated rings. The minimum absolute atomic E-state index is 0.172. The van der Waals surface area contributed by atoms with Gasteiger partial charge in [0.1, 0.15) is 0 Å². The molecule has 19 heavy (non-hydrogen) atoms. The summed E-state index contributed by atoms with van der Waals surface area (Å²) >= 11 is 0. The van der Waals surface area contributed by atoms with E-state index in [-0.39, 0.29) is 11.6 Å². The number of esters is 1. The maximum absolute atomic E-state index is 11.4. The van der Waals surface area contributed by atoms with Gasteiger partial charge in [0, 0.05) is 19.0 Å². The van der Waals surface area contributed by atoms with Gasteiger partial charge in [-0.1, -0.05) is 0 Å². The SMILES string of the molecule is COC(=O)CC1(OCCCc2ccncc2)CCC1. The Balaban J connectivity index is 1.70. The molecular weight excluding hydrogens is 242 g/mol. The fourth-order valence-corrected chi connectivity index (χ4v) is 2.39. The van der Waals surface area contributed by atoms with Crippen LogP contribution in [-0.2, 0) is 20.7 Å². The third-order valence-electron chi connectivity index (χ3n) is 3.73. The molecule has 2 rings (SSSR count). The molecule has 0 N–H and O–H groups in total. The molecule has 0 amide bonds. The number of nitrogens with zero attached hydrogens (tertiary/aromatic N) is 1. The number of aromatic nitrogens is 1. The van der Waals surface area contributed by atoms with Gasteiger partial charge < -0.3 is 9.47 Å². The Hall–Kier alpha value is -1.42. The minimum Gasteiger partial charge on any atom is -0.469 e. The predicted octanol–water partition coefficient (Wildman–Crippen LogP) is 2.52. The summed E-state index contributed by atoms with van der Waals surface area (Å²) in [6.07, 6.45) is 9.03. The van der Waals surface area contributed by atoms with Gasteiger partial charge in [-0.2, -0.15) is 0 Å². The van der Waals surface area contributed by atoms with Crippen LogP contribution < -0.4 is 0 Å². The third-order valence-corrected chi connectivity index (χ3v) is 3.73. The van der Waals surface area contributed by atoms with Crippen molar-refractivity contribution in [1.82, 2.24) is 4.98 Å². The van der Waals surface area contributed by atoms with Gasteiger partial charge in [0.15, 0.2) is 0 Å². The molecule has 0 bridgehead atoms. The number of hydrogen-bond donors (Lipinski definition) is 0. The second kappa shape index (κ2) is 6.66. The number of hydrogen-bond acceptors (Lipinski definition) is 4. The first-order valence-corrected chi connectivity index (χ1v) is 6.84. The van der Waals surface area contributed by atoms with Gasteiger partial charge in [0.25, 0.3) is 0 Å². The minimum atomic E-state index is -0.245. The molecule has 1 aromatic rings. The molecule has 1 aliphatic rings. The van der Waals surface area contributed by atoms with Gasteiger partial charge >= 0.3 is 5.97 Å². The first-order valence-electron chi connectivity index (χ1n) is 6.84. The van der Waals surface area contributed by atoms with Gasteiger partial charge in [0.05, 0.1) is 19.1 Å². The zero-order valence-electron chi connectivity index (χ0n) is 11.4. The molecule has 1 saturated carbocycles. The summed E-state index contributed by atoms with van der Waals surface area (Å²) in [6.45, 7) is 0.694. The van der Waals surface area contributed by atoms with E-state index in [1.54, 1.807) is 12.4 Å². The van der Waals surface area contributed by atoms with E-state index in [1.165, 1.54) is 12.7 Å². The van der Waals surface area contributed by atoms with Crippen molar-refractivity contribution < 1.29 is 14.3 Å². The van der Waals surface area contributed by atoms with Gasteiger partial charge in [0.2, 0.25) is 0 Å². The fraction of sp³-hybridized carbons (Fsp3) is 0.600. The van der Waals surface area contributed by atoms with Crippen LogP contribution in [0.2, 0.25) is 0 Å². The summed E-state index contributed by atoms with van der Waals surface area (Å²) in [5.41, 5.74) is 1.03. The molecule has 4 heteroatoms. The maximum Gasteiger partial charge on any atom is 0.308 e. The van der Waals surface area contributed by atoms with E-state index in [4.69, 9.17) is 9.47 Å². The number of ether oxygens (including phenoxy) is 2. The first-order chi connectivity index (χ1) is 9.24. The van der Waals surface area contributed by atoms with Gasteiger partial charge in [-0.3, -0.25) is 9.78 Å². The molecule has 0 unspecified atom stereocenters. The summed E-state index contributed by atoms with van der Waals surface area (Å²) in [7, 11) is 1.43. The van der Waals surface area contributed by atoms with Crippen molar-refractivity contribution in [3.63, 3.8) is 0 Å². The van der Waals surface area contributed by atoms with Crippen molar-refractivity contribution in [2.75, 3.05) is 13.7 Å². The highest BCUT2D eigenvalue weighted by molar-refractivity contribution is 5.70. The molecule has 1 aliphatic carbocycles. The number of methoxy groups -OCH3 is 1. The Morgan fingerprint density at radius 3 is 2.68 bits per heavy atom. The molecule has 0 spiro atoms. The monoisotopic (exact) mass is 263 g/mol. The average Bonchev–Trinajstić information content (AvgIpc) is 2.41. The lowest BCUT2D eigenvalue weighted by atomic mass is 9.77. The second-order valence-corrected chi connectivity index (χ2v) is 5.10. The van der Waals surface area contributed by atoms with Crippen LogP contribution in [0.15, 0.2) is 24.5 Å². The fourth-order valence-electron chi connectivity index (χ4n) is 2.39. The second-order valence-electron chi connectivity index (χ2n) is 5.10. The van der Waals surface area contributed by atoms with Crippen LogP contribution in [0, 0.1) is 0 Å². The Morgan fingerprint density at radius 2 is 2.11 bits per heavy atom. The van der Waals surface area contributed by atoms with Crippen molar-refractivity contribution in [1.29, 1.82) is 0 Å². The van der Waals surface area contributed by atoms with Crippen LogP contribution in [0.25, 0.3) is 0 Å². The highest BCUT2D eigenvalue weighted by atomic mass is 16.5. The van der Waals surface area contributed by atoms with E-state index >= 15 is 0 Å². The van der Waals surface area contributed by atoms with Gasteiger partial charge in [-0.15, -0.1) is 0 Å². The number of carbonyl (C=O) groups is 1. The number of pyridine rings is 1. The third kappa shape index (κ3) is 4.03. The summed E-state index contributed by atoms with van der Waals surface area (Å²) in [4.78, 5) is 15.4. The number of rotatable bonds is 7.